The number of hydrogen-bond donors (Lipinski definition) is 3. The van der Waals surface area contributed by atoms with Gasteiger partial charge in [-0.1, -0.05) is 6.92 Å². The Bertz CT molecular complexity index is 1340. The summed E-state index contributed by atoms with van der Waals surface area (Å²) in [6.07, 6.45) is 8.09. The Morgan fingerprint density at radius 2 is 1.94 bits per heavy atom. The molecule has 188 valence electrons. The van der Waals surface area contributed by atoms with Crippen LogP contribution in [0, 0.1) is 17.6 Å². The van der Waals surface area contributed by atoms with Gasteiger partial charge in [0, 0.05) is 24.4 Å². The van der Waals surface area contributed by atoms with Crippen molar-refractivity contribution in [1.29, 1.82) is 0 Å². The Hall–Kier alpha value is -3.63. The van der Waals surface area contributed by atoms with Crippen LogP contribution in [-0.2, 0) is 0 Å². The predicted molar refractivity (Wildman–Crippen MR) is 132 cm³/mol. The third kappa shape index (κ3) is 4.87. The zero-order chi connectivity index (χ0) is 25.2. The van der Waals surface area contributed by atoms with E-state index in [1.165, 1.54) is 10.6 Å². The molecule has 3 aromatic heterocycles. The maximum atomic E-state index is 14.8. The number of nitrogens with two attached hydrogens (primary N) is 1. The van der Waals surface area contributed by atoms with Crippen LogP contribution >= 0.6 is 0 Å². The Kier molecular flexibility index (Phi) is 6.80. The van der Waals surface area contributed by atoms with Crippen molar-refractivity contribution in [3.63, 3.8) is 0 Å². The number of anilines is 2. The first-order valence-corrected chi connectivity index (χ1v) is 12.0. The van der Waals surface area contributed by atoms with Crippen LogP contribution in [0.15, 0.2) is 48.9 Å². The van der Waals surface area contributed by atoms with Gasteiger partial charge in [0.25, 0.3) is 0 Å². The van der Waals surface area contributed by atoms with Crippen LogP contribution in [0.25, 0.3) is 16.8 Å². The number of nitrogens with one attached hydrogen (secondary N) is 1. The number of nitrogens with zero attached hydrogens (tertiary/aromatic N) is 4. The van der Waals surface area contributed by atoms with E-state index in [1.807, 2.05) is 6.07 Å². The molecule has 0 spiro atoms. The van der Waals surface area contributed by atoms with Crippen molar-refractivity contribution < 1.29 is 18.6 Å². The van der Waals surface area contributed by atoms with Gasteiger partial charge in [-0.15, -0.1) is 0 Å². The molecule has 36 heavy (non-hydrogen) atoms. The van der Waals surface area contributed by atoms with Gasteiger partial charge in [0.2, 0.25) is 5.95 Å². The Labute approximate surface area is 207 Å². The summed E-state index contributed by atoms with van der Waals surface area (Å²) in [4.78, 5) is 8.72. The topological polar surface area (TPSA) is 111 Å². The van der Waals surface area contributed by atoms with E-state index in [4.69, 9.17) is 15.6 Å². The molecule has 0 unspecified atom stereocenters. The molecular formula is C26H28F2N6O2. The van der Waals surface area contributed by atoms with Crippen LogP contribution in [0.2, 0.25) is 0 Å². The highest BCUT2D eigenvalue weighted by Crippen LogP contribution is 2.39. The highest BCUT2D eigenvalue weighted by Gasteiger charge is 2.27. The molecule has 0 aliphatic heterocycles. The molecule has 1 saturated carbocycles. The van der Waals surface area contributed by atoms with Crippen LogP contribution in [0.5, 0.6) is 5.75 Å². The first-order chi connectivity index (χ1) is 17.4. The standard InChI is InChI=1S/C26H28F2N6O2/c1-15-8-16(10-17(29)9-15)20-4-5-30-14-24(20)32-26-31-13-18-2-3-23(33-34(18)26)25-21(27)11-19(12-22(25)28)36-7-6-35/h2-5,11-17,35H,6-10,29H2,1H3,(H,31,32)/t15-,16+,17-/m0/s1. The van der Waals surface area contributed by atoms with Gasteiger partial charge in [-0.25, -0.2) is 13.8 Å². The largest absolute Gasteiger partial charge is 0.491 e. The lowest BCUT2D eigenvalue weighted by Crippen LogP contribution is -2.31. The van der Waals surface area contributed by atoms with Crippen LogP contribution < -0.4 is 15.8 Å². The highest BCUT2D eigenvalue weighted by atomic mass is 19.1. The summed E-state index contributed by atoms with van der Waals surface area (Å²) in [5.74, 6) is -0.420. The van der Waals surface area contributed by atoms with Crippen molar-refractivity contribution in [2.24, 2.45) is 11.7 Å². The van der Waals surface area contributed by atoms with Gasteiger partial charge in [-0.05, 0) is 54.9 Å². The SMILES string of the molecule is C[C@@H]1C[C@H](N)C[C@H](c2ccncc2Nc2ncc3ccc(-c4c(F)cc(OCCO)cc4F)nn23)C1. The number of hydrogen-bond acceptors (Lipinski definition) is 7. The van der Waals surface area contributed by atoms with Crippen LogP contribution in [0.4, 0.5) is 20.4 Å². The zero-order valence-electron chi connectivity index (χ0n) is 19.9. The third-order valence-corrected chi connectivity index (χ3v) is 6.54. The number of imidazole rings is 1. The fourth-order valence-electron chi connectivity index (χ4n) is 5.04. The molecule has 10 heteroatoms. The van der Waals surface area contributed by atoms with Crippen molar-refractivity contribution in [2.75, 3.05) is 18.5 Å². The summed E-state index contributed by atoms with van der Waals surface area (Å²) in [5.41, 5.74) is 8.69. The second-order valence-corrected chi connectivity index (χ2v) is 9.33. The van der Waals surface area contributed by atoms with E-state index in [0.29, 0.717) is 23.3 Å². The molecule has 5 rings (SSSR count). The van der Waals surface area contributed by atoms with E-state index >= 15 is 0 Å². The lowest BCUT2D eigenvalue weighted by Gasteiger charge is -2.32. The molecule has 0 radical (unpaired) electrons. The van der Waals surface area contributed by atoms with Gasteiger partial charge in [0.1, 0.15) is 24.0 Å². The average Bonchev–Trinajstić information content (AvgIpc) is 3.24. The quantitative estimate of drug-likeness (QED) is 0.349. The molecule has 1 aliphatic carbocycles. The van der Waals surface area contributed by atoms with Gasteiger partial charge in [0.05, 0.1) is 41.5 Å². The minimum absolute atomic E-state index is 0.00489. The van der Waals surface area contributed by atoms with Crippen LogP contribution in [0.3, 0.4) is 0 Å². The first-order valence-electron chi connectivity index (χ1n) is 12.0. The molecule has 4 N–H and O–H groups in total. The summed E-state index contributed by atoms with van der Waals surface area (Å²) in [6, 6.07) is 7.53. The monoisotopic (exact) mass is 494 g/mol. The lowest BCUT2D eigenvalue weighted by atomic mass is 9.76. The molecule has 3 atom stereocenters. The number of fused-ring (bicyclic) bond motifs is 1. The molecule has 1 fully saturated rings. The number of pyridine rings is 1. The number of ether oxygens (including phenoxy) is 1. The summed E-state index contributed by atoms with van der Waals surface area (Å²) in [5, 5.41) is 16.7. The average molecular weight is 495 g/mol. The number of aliphatic hydroxyl groups excluding tert-OH is 1. The molecule has 4 aromatic rings. The Morgan fingerprint density at radius 3 is 2.69 bits per heavy atom. The van der Waals surface area contributed by atoms with E-state index in [0.717, 1.165) is 42.6 Å². The number of benzene rings is 1. The molecule has 8 nitrogen and oxygen atoms in total. The van der Waals surface area contributed by atoms with Crippen LogP contribution in [-0.4, -0.2) is 43.9 Å². The van der Waals surface area contributed by atoms with Gasteiger partial charge < -0.3 is 20.9 Å². The van der Waals surface area contributed by atoms with E-state index in [1.54, 1.807) is 24.7 Å². The maximum Gasteiger partial charge on any atom is 0.229 e. The summed E-state index contributed by atoms with van der Waals surface area (Å²) >= 11 is 0. The second kappa shape index (κ2) is 10.2. The van der Waals surface area contributed by atoms with Crippen molar-refractivity contribution in [1.82, 2.24) is 19.6 Å². The van der Waals surface area contributed by atoms with E-state index in [-0.39, 0.29) is 36.3 Å². The van der Waals surface area contributed by atoms with Crippen molar-refractivity contribution in [2.45, 2.75) is 38.1 Å². The van der Waals surface area contributed by atoms with E-state index in [9.17, 15) is 8.78 Å². The van der Waals surface area contributed by atoms with Gasteiger partial charge in [-0.3, -0.25) is 4.98 Å². The first kappa shape index (κ1) is 24.1. The summed E-state index contributed by atoms with van der Waals surface area (Å²) < 4.78 is 36.3. The zero-order valence-corrected chi connectivity index (χ0v) is 19.9. The minimum atomic E-state index is -0.818. The van der Waals surface area contributed by atoms with E-state index in [2.05, 4.69) is 27.3 Å². The predicted octanol–water partition coefficient (Wildman–Crippen LogP) is 4.42. The minimum Gasteiger partial charge on any atom is -0.491 e. The third-order valence-electron chi connectivity index (χ3n) is 6.54. The number of halogens is 2. The molecule has 0 amide bonds. The van der Waals surface area contributed by atoms with Gasteiger partial charge >= 0.3 is 0 Å². The van der Waals surface area contributed by atoms with Crippen LogP contribution in [0.1, 0.15) is 37.7 Å². The summed E-state index contributed by atoms with van der Waals surface area (Å²) in [6.45, 7) is 1.90. The molecule has 1 aromatic carbocycles. The molecule has 3 heterocycles. The van der Waals surface area contributed by atoms with Crippen molar-refractivity contribution in [3.8, 4) is 17.0 Å². The highest BCUT2D eigenvalue weighted by molar-refractivity contribution is 5.66. The molecule has 1 aliphatic rings. The van der Waals surface area contributed by atoms with Gasteiger partial charge in [-0.2, -0.15) is 9.61 Å². The number of rotatable bonds is 7. The Balaban J connectivity index is 1.48. The van der Waals surface area contributed by atoms with E-state index < -0.39 is 11.6 Å². The van der Waals surface area contributed by atoms with Crippen molar-refractivity contribution >= 4 is 17.2 Å². The number of aromatic nitrogens is 4. The molecular weight excluding hydrogens is 466 g/mol. The maximum absolute atomic E-state index is 14.8. The Morgan fingerprint density at radius 1 is 1.14 bits per heavy atom. The van der Waals surface area contributed by atoms with Gasteiger partial charge in [0.15, 0.2) is 0 Å². The smallest absolute Gasteiger partial charge is 0.229 e. The molecule has 0 saturated heterocycles. The summed E-state index contributed by atoms with van der Waals surface area (Å²) in [7, 11) is 0. The second-order valence-electron chi connectivity index (χ2n) is 9.33. The molecule has 0 bridgehead atoms. The fourth-order valence-corrected chi connectivity index (χ4v) is 5.04. The van der Waals surface area contributed by atoms with Crippen molar-refractivity contribution in [3.05, 3.63) is 66.1 Å². The fraction of sp³-hybridized carbons (Fsp3) is 0.346. The normalized spacial score (nSPS) is 20.0. The lowest BCUT2D eigenvalue weighted by molar-refractivity contribution is 0.200. The number of aliphatic hydroxyl groups is 1.